The van der Waals surface area contributed by atoms with Crippen LogP contribution in [-0.2, 0) is 14.3 Å². The number of carbonyl (C=O) groups excluding carboxylic acids is 1. The van der Waals surface area contributed by atoms with Crippen molar-refractivity contribution in [1.82, 2.24) is 0 Å². The van der Waals surface area contributed by atoms with Crippen LogP contribution in [0.2, 0.25) is 0 Å². The molecule has 4 bridgehead atoms. The monoisotopic (exact) mass is 748 g/mol. The third-order valence-corrected chi connectivity index (χ3v) is 16.9. The highest BCUT2D eigenvalue weighted by atomic mass is 16.5. The molecule has 5 saturated carbocycles. The molecule has 10 aliphatic rings. The Morgan fingerprint density at radius 1 is 0.741 bits per heavy atom. The molecule has 10 rings (SSSR count). The highest BCUT2D eigenvalue weighted by Crippen LogP contribution is 2.72. The first-order chi connectivity index (χ1) is 25.6. The molecule has 2 saturated heterocycles. The molecule has 4 aliphatic heterocycles. The van der Waals surface area contributed by atoms with Crippen LogP contribution >= 0.6 is 0 Å². The van der Waals surface area contributed by atoms with Gasteiger partial charge in [-0.05, 0) is 123 Å². The SMILES string of the molecule is C[C@]12CC=C3C=C4[C@@H](O)[C@H](O)[C@@H](N=[N+]=[N-])C[C@]45CC[C@]3(O5)[C@@H]1CC[C@@H]2O.C[C@]12CC[C@]3(C=O)C=C4[C@@H](O)[C@H](O)[C@@H](N=[N+]=[N-])C[C@]45CC[C@]3(O5)[C@@H]1CC[C@@H]2O. The Morgan fingerprint density at radius 3 is 1.98 bits per heavy atom. The van der Waals surface area contributed by atoms with Crippen LogP contribution in [0, 0.1) is 28.1 Å². The fourth-order valence-corrected chi connectivity index (χ4v) is 14.0. The van der Waals surface area contributed by atoms with Crippen LogP contribution in [0.1, 0.15) is 97.3 Å². The van der Waals surface area contributed by atoms with E-state index >= 15 is 0 Å². The average molecular weight is 749 g/mol. The number of nitrogens with zero attached hydrogens (tertiary/aromatic N) is 6. The number of allylic oxidation sites excluding steroid dienone is 1. The van der Waals surface area contributed by atoms with Gasteiger partial charge in [0.05, 0.1) is 64.3 Å². The summed E-state index contributed by atoms with van der Waals surface area (Å²) in [7, 11) is 0. The number of hydrogen-bond acceptors (Lipinski definition) is 11. The molecule has 6 aliphatic carbocycles. The predicted molar refractivity (Wildman–Crippen MR) is 191 cm³/mol. The fraction of sp³-hybridized carbons (Fsp3) is 0.821. The van der Waals surface area contributed by atoms with Gasteiger partial charge in [0.25, 0.3) is 0 Å². The molecule has 0 aromatic carbocycles. The van der Waals surface area contributed by atoms with Crippen molar-refractivity contribution in [3.05, 3.63) is 55.8 Å². The molecule has 0 radical (unpaired) electrons. The Hall–Kier alpha value is -2.81. The third-order valence-electron chi connectivity index (χ3n) is 16.9. The van der Waals surface area contributed by atoms with Crippen LogP contribution in [0.3, 0.4) is 0 Å². The van der Waals surface area contributed by atoms with Crippen molar-refractivity contribution in [2.75, 3.05) is 0 Å². The largest absolute Gasteiger partial charge is 0.393 e. The van der Waals surface area contributed by atoms with E-state index in [1.165, 1.54) is 0 Å². The zero-order chi connectivity index (χ0) is 38.3. The number of fused-ring (bicyclic) bond motifs is 2. The summed E-state index contributed by atoms with van der Waals surface area (Å²) in [5, 5.41) is 71.1. The van der Waals surface area contributed by atoms with E-state index in [9.17, 15) is 35.4 Å². The summed E-state index contributed by atoms with van der Waals surface area (Å²) in [4.78, 5) is 18.2. The Kier molecular flexibility index (Phi) is 8.08. The highest BCUT2D eigenvalue weighted by molar-refractivity contribution is 5.69. The summed E-state index contributed by atoms with van der Waals surface area (Å²) in [6.45, 7) is 4.27. The van der Waals surface area contributed by atoms with Crippen molar-refractivity contribution >= 4 is 6.29 Å². The van der Waals surface area contributed by atoms with Crippen molar-refractivity contribution in [3.63, 3.8) is 0 Å². The van der Waals surface area contributed by atoms with Gasteiger partial charge in [-0.1, -0.05) is 42.3 Å². The van der Waals surface area contributed by atoms with Gasteiger partial charge in [-0.25, -0.2) is 0 Å². The van der Waals surface area contributed by atoms with Crippen LogP contribution < -0.4 is 0 Å². The number of aliphatic hydroxyl groups excluding tert-OH is 6. The Bertz CT molecular complexity index is 1850. The number of aldehydes is 1. The van der Waals surface area contributed by atoms with Crippen molar-refractivity contribution in [2.45, 2.75) is 168 Å². The lowest BCUT2D eigenvalue weighted by Gasteiger charge is -2.61. The number of rotatable bonds is 3. The molecule has 54 heavy (non-hydrogen) atoms. The molecule has 17 atom stereocenters. The number of aliphatic hydroxyl groups is 6. The van der Waals surface area contributed by atoms with Crippen LogP contribution in [0.15, 0.2) is 45.2 Å². The van der Waals surface area contributed by atoms with Crippen molar-refractivity contribution in [2.24, 2.45) is 38.3 Å². The maximum atomic E-state index is 12.5. The summed E-state index contributed by atoms with van der Waals surface area (Å²) in [5.74, 6) is 0.289. The van der Waals surface area contributed by atoms with E-state index in [0.717, 1.165) is 62.4 Å². The molecule has 0 amide bonds. The number of hydrogen-bond donors (Lipinski definition) is 6. The van der Waals surface area contributed by atoms with Gasteiger partial charge in [-0.15, -0.1) is 0 Å². The van der Waals surface area contributed by atoms with E-state index < -0.39 is 70.4 Å². The third kappa shape index (κ3) is 4.40. The molecule has 6 N–H and O–H groups in total. The van der Waals surface area contributed by atoms with E-state index in [4.69, 9.17) is 20.5 Å². The predicted octanol–water partition coefficient (Wildman–Crippen LogP) is 3.90. The van der Waals surface area contributed by atoms with Gasteiger partial charge in [0, 0.05) is 21.2 Å². The van der Waals surface area contributed by atoms with E-state index in [2.05, 4.69) is 40.0 Å². The van der Waals surface area contributed by atoms with Crippen LogP contribution in [0.4, 0.5) is 0 Å². The van der Waals surface area contributed by atoms with Crippen molar-refractivity contribution < 1.29 is 44.9 Å². The fourth-order valence-electron chi connectivity index (χ4n) is 14.0. The second-order valence-electron chi connectivity index (χ2n) is 18.8. The quantitative estimate of drug-likeness (QED) is 0.0803. The number of azide groups is 2. The van der Waals surface area contributed by atoms with Crippen molar-refractivity contribution in [1.29, 1.82) is 0 Å². The standard InChI is InChI=1S/C20H27N3O5.C19H25N3O4/c1-17-4-5-18(10-24)8-11-15(26)16(27)12(22-23-21)9-19(11)6-7-20(18,28-19)13(17)2-3-14(17)25;1-17-5-4-10-8-11-15(24)16(25)12(21-22-20)9-18(11)6-7-19(10,26-18)13(17)2-3-14(17)23/h8,10,12-16,25-27H,2-7,9H2,1H3;4,8,12-16,23-25H,2-3,5-7,9H2,1H3/t12-,13+,14-,15+,16+,17-,18+,19+,20-;12-,13+,14-,15+,16+,17-,18+,19+/m00/s1. The lowest BCUT2D eigenvalue weighted by molar-refractivity contribution is -0.234. The molecule has 15 nitrogen and oxygen atoms in total. The van der Waals surface area contributed by atoms with Crippen LogP contribution in [-0.4, -0.2) is 108 Å². The molecule has 15 heteroatoms. The zero-order valence-electron chi connectivity index (χ0n) is 30.9. The summed E-state index contributed by atoms with van der Waals surface area (Å²) in [6, 6.07) is -1.47. The van der Waals surface area contributed by atoms with E-state index in [1.807, 2.05) is 12.2 Å². The van der Waals surface area contributed by atoms with Gasteiger partial charge in [0.1, 0.15) is 18.5 Å². The number of ether oxygens (including phenoxy) is 2. The van der Waals surface area contributed by atoms with Gasteiger partial charge in [-0.3, -0.25) is 0 Å². The lowest BCUT2D eigenvalue weighted by atomic mass is 9.50. The van der Waals surface area contributed by atoms with Gasteiger partial charge in [0.2, 0.25) is 0 Å². The second kappa shape index (κ2) is 11.9. The first kappa shape index (κ1) is 36.8. The number of carbonyl (C=O) groups is 1. The van der Waals surface area contributed by atoms with Crippen LogP contribution in [0.5, 0.6) is 0 Å². The van der Waals surface area contributed by atoms with Gasteiger partial charge < -0.3 is 44.9 Å². The maximum absolute atomic E-state index is 12.5. The molecule has 0 aromatic rings. The minimum absolute atomic E-state index is 0.0491. The summed E-state index contributed by atoms with van der Waals surface area (Å²) in [6.07, 6.45) is 10.5. The average Bonchev–Trinajstić information content (AvgIpc) is 3.85. The summed E-state index contributed by atoms with van der Waals surface area (Å²) >= 11 is 0. The zero-order valence-corrected chi connectivity index (χ0v) is 30.9. The molecule has 4 heterocycles. The molecule has 4 spiro atoms. The van der Waals surface area contributed by atoms with Gasteiger partial charge in [-0.2, -0.15) is 0 Å². The maximum Gasteiger partial charge on any atom is 0.132 e. The van der Waals surface area contributed by atoms with E-state index in [-0.39, 0.29) is 28.8 Å². The minimum atomic E-state index is -1.22. The van der Waals surface area contributed by atoms with E-state index in [1.54, 1.807) is 0 Å². The second-order valence-corrected chi connectivity index (χ2v) is 18.8. The smallest absolute Gasteiger partial charge is 0.132 e. The van der Waals surface area contributed by atoms with Gasteiger partial charge >= 0.3 is 0 Å². The lowest BCUT2D eigenvalue weighted by Crippen LogP contribution is -2.66. The first-order valence-corrected chi connectivity index (χ1v) is 19.8. The first-order valence-electron chi connectivity index (χ1n) is 19.8. The normalized spacial score (nSPS) is 55.6. The summed E-state index contributed by atoms with van der Waals surface area (Å²) < 4.78 is 13.6. The van der Waals surface area contributed by atoms with E-state index in [0.29, 0.717) is 44.1 Å². The van der Waals surface area contributed by atoms with Gasteiger partial charge in [0.15, 0.2) is 0 Å². The molecule has 0 aromatic heterocycles. The van der Waals surface area contributed by atoms with Crippen LogP contribution in [0.25, 0.3) is 20.9 Å². The molecular weight excluding hydrogens is 696 g/mol. The Labute approximate surface area is 313 Å². The Balaban J connectivity index is 0.000000143. The molecule has 0 unspecified atom stereocenters. The molecule has 7 fully saturated rings. The topological polar surface area (TPSA) is 254 Å². The van der Waals surface area contributed by atoms with Crippen molar-refractivity contribution in [3.8, 4) is 0 Å². The highest BCUT2D eigenvalue weighted by Gasteiger charge is 2.75. The summed E-state index contributed by atoms with van der Waals surface area (Å²) in [5.41, 5.74) is 16.1. The molecular formula is C39H52N6O9. The molecule has 292 valence electrons. The minimum Gasteiger partial charge on any atom is -0.393 e. The Morgan fingerprint density at radius 2 is 1.33 bits per heavy atom.